The number of carbonyl (C=O) groups excluding carboxylic acids is 1. The van der Waals surface area contributed by atoms with Gasteiger partial charge in [0, 0.05) is 18.5 Å². The number of fused-ring (bicyclic) bond motifs is 1. The topological polar surface area (TPSA) is 52.6 Å². The fourth-order valence-corrected chi connectivity index (χ4v) is 2.85. The Hall–Kier alpha value is -2.07. The molecular formula is C17H20N2O2. The molecule has 1 saturated heterocycles. The van der Waals surface area contributed by atoms with E-state index in [4.69, 9.17) is 0 Å². The molecule has 0 radical (unpaired) electrons. The summed E-state index contributed by atoms with van der Waals surface area (Å²) in [7, 11) is 0. The van der Waals surface area contributed by atoms with Crippen molar-refractivity contribution in [3.63, 3.8) is 0 Å². The summed E-state index contributed by atoms with van der Waals surface area (Å²) >= 11 is 0. The van der Waals surface area contributed by atoms with Gasteiger partial charge in [0.15, 0.2) is 0 Å². The molecule has 2 amide bonds. The number of aliphatic hydroxyl groups excluding tert-OH is 1. The summed E-state index contributed by atoms with van der Waals surface area (Å²) in [5, 5.41) is 14.9. The summed E-state index contributed by atoms with van der Waals surface area (Å²) in [5.74, 6) is 0.122. The zero-order valence-electron chi connectivity index (χ0n) is 12.1. The Morgan fingerprint density at radius 2 is 2.00 bits per heavy atom. The highest BCUT2D eigenvalue weighted by molar-refractivity contribution is 6.01. The van der Waals surface area contributed by atoms with Gasteiger partial charge >= 0.3 is 6.03 Å². The standard InChI is InChI=1S/C17H20N2O2/c1-12-11-19(10-9-16(12)20)17(21)18-15-8-4-6-13-5-2-3-7-14(13)15/h2-8,12,16,20H,9-11H2,1H3,(H,18,21). The van der Waals surface area contributed by atoms with E-state index in [1.165, 1.54) is 0 Å². The van der Waals surface area contributed by atoms with Crippen LogP contribution in [0.5, 0.6) is 0 Å². The van der Waals surface area contributed by atoms with Crippen molar-refractivity contribution in [2.45, 2.75) is 19.4 Å². The first-order valence-electron chi connectivity index (χ1n) is 7.37. The van der Waals surface area contributed by atoms with E-state index in [0.29, 0.717) is 19.5 Å². The minimum Gasteiger partial charge on any atom is -0.393 e. The second-order valence-electron chi connectivity index (χ2n) is 5.74. The predicted octanol–water partition coefficient (Wildman–Crippen LogP) is 3.07. The fourth-order valence-electron chi connectivity index (χ4n) is 2.85. The Morgan fingerprint density at radius 3 is 2.81 bits per heavy atom. The van der Waals surface area contributed by atoms with Crippen molar-refractivity contribution in [2.75, 3.05) is 18.4 Å². The zero-order chi connectivity index (χ0) is 14.8. The summed E-state index contributed by atoms with van der Waals surface area (Å²) in [4.78, 5) is 14.2. The summed E-state index contributed by atoms with van der Waals surface area (Å²) in [5.41, 5.74) is 0.830. The van der Waals surface area contributed by atoms with Gasteiger partial charge in [-0.3, -0.25) is 0 Å². The van der Waals surface area contributed by atoms with E-state index in [-0.39, 0.29) is 18.1 Å². The number of likely N-dealkylation sites (tertiary alicyclic amines) is 1. The number of piperidine rings is 1. The smallest absolute Gasteiger partial charge is 0.321 e. The minimum absolute atomic E-state index is 0.0925. The third-order valence-electron chi connectivity index (χ3n) is 4.18. The van der Waals surface area contributed by atoms with Crippen LogP contribution in [-0.2, 0) is 0 Å². The van der Waals surface area contributed by atoms with Crippen LogP contribution >= 0.6 is 0 Å². The van der Waals surface area contributed by atoms with Crippen LogP contribution in [0.4, 0.5) is 10.5 Å². The lowest BCUT2D eigenvalue weighted by Gasteiger charge is -2.34. The molecule has 2 aromatic carbocycles. The van der Waals surface area contributed by atoms with Crippen LogP contribution < -0.4 is 5.32 Å². The second kappa shape index (κ2) is 5.74. The number of hydrogen-bond acceptors (Lipinski definition) is 2. The third kappa shape index (κ3) is 2.85. The zero-order valence-corrected chi connectivity index (χ0v) is 12.1. The maximum atomic E-state index is 12.4. The Kier molecular flexibility index (Phi) is 3.80. The number of rotatable bonds is 1. The molecule has 1 heterocycles. The quantitative estimate of drug-likeness (QED) is 0.845. The number of nitrogens with zero attached hydrogens (tertiary/aromatic N) is 1. The summed E-state index contributed by atoms with van der Waals surface area (Å²) in [6, 6.07) is 13.8. The van der Waals surface area contributed by atoms with Crippen molar-refractivity contribution in [1.82, 2.24) is 4.90 Å². The normalized spacial score (nSPS) is 22.3. The maximum Gasteiger partial charge on any atom is 0.321 e. The molecular weight excluding hydrogens is 264 g/mol. The van der Waals surface area contributed by atoms with Gasteiger partial charge in [-0.25, -0.2) is 4.79 Å². The van der Waals surface area contributed by atoms with Crippen LogP contribution in [0.15, 0.2) is 42.5 Å². The van der Waals surface area contributed by atoms with E-state index in [0.717, 1.165) is 16.5 Å². The van der Waals surface area contributed by atoms with Gasteiger partial charge in [-0.2, -0.15) is 0 Å². The van der Waals surface area contributed by atoms with Gasteiger partial charge < -0.3 is 15.3 Å². The van der Waals surface area contributed by atoms with Crippen molar-refractivity contribution >= 4 is 22.5 Å². The van der Waals surface area contributed by atoms with E-state index < -0.39 is 0 Å². The number of nitrogens with one attached hydrogen (secondary N) is 1. The van der Waals surface area contributed by atoms with Crippen LogP contribution in [0, 0.1) is 5.92 Å². The predicted molar refractivity (Wildman–Crippen MR) is 84.3 cm³/mol. The molecule has 21 heavy (non-hydrogen) atoms. The molecule has 2 N–H and O–H groups in total. The number of aliphatic hydroxyl groups is 1. The molecule has 1 aliphatic rings. The van der Waals surface area contributed by atoms with Gasteiger partial charge in [0.1, 0.15) is 0 Å². The van der Waals surface area contributed by atoms with Crippen molar-refractivity contribution in [3.05, 3.63) is 42.5 Å². The van der Waals surface area contributed by atoms with Crippen molar-refractivity contribution in [3.8, 4) is 0 Å². The van der Waals surface area contributed by atoms with Crippen LogP contribution in [0.2, 0.25) is 0 Å². The van der Waals surface area contributed by atoms with Crippen molar-refractivity contribution in [1.29, 1.82) is 0 Å². The first-order chi connectivity index (χ1) is 10.1. The molecule has 2 atom stereocenters. The van der Waals surface area contributed by atoms with Crippen molar-refractivity contribution in [2.24, 2.45) is 5.92 Å². The minimum atomic E-state index is -0.299. The lowest BCUT2D eigenvalue weighted by molar-refractivity contribution is 0.0506. The van der Waals surface area contributed by atoms with Gasteiger partial charge in [-0.1, -0.05) is 43.3 Å². The second-order valence-corrected chi connectivity index (χ2v) is 5.74. The molecule has 4 heteroatoms. The molecule has 0 aromatic heterocycles. The van der Waals surface area contributed by atoms with Gasteiger partial charge in [-0.15, -0.1) is 0 Å². The molecule has 2 aromatic rings. The van der Waals surface area contributed by atoms with E-state index in [2.05, 4.69) is 5.32 Å². The highest BCUT2D eigenvalue weighted by Crippen LogP contribution is 2.24. The number of carbonyl (C=O) groups is 1. The van der Waals surface area contributed by atoms with E-state index in [9.17, 15) is 9.90 Å². The molecule has 2 unspecified atom stereocenters. The maximum absolute atomic E-state index is 12.4. The van der Waals surface area contributed by atoms with Crippen LogP contribution in [-0.4, -0.2) is 35.2 Å². The summed E-state index contributed by atoms with van der Waals surface area (Å²) < 4.78 is 0. The SMILES string of the molecule is CC1CN(C(=O)Nc2cccc3ccccc23)CCC1O. The number of benzene rings is 2. The third-order valence-corrected chi connectivity index (χ3v) is 4.18. The van der Waals surface area contributed by atoms with Gasteiger partial charge in [0.05, 0.1) is 11.8 Å². The first-order valence-corrected chi connectivity index (χ1v) is 7.37. The van der Waals surface area contributed by atoms with Crippen molar-refractivity contribution < 1.29 is 9.90 Å². The molecule has 110 valence electrons. The number of hydrogen-bond donors (Lipinski definition) is 2. The molecule has 0 aliphatic carbocycles. The Bertz CT molecular complexity index is 651. The molecule has 1 aliphatic heterocycles. The Morgan fingerprint density at radius 1 is 1.24 bits per heavy atom. The highest BCUT2D eigenvalue weighted by Gasteiger charge is 2.27. The Labute approximate surface area is 124 Å². The molecule has 1 fully saturated rings. The van der Waals surface area contributed by atoms with E-state index >= 15 is 0 Å². The lowest BCUT2D eigenvalue weighted by Crippen LogP contribution is -2.46. The van der Waals surface area contributed by atoms with Gasteiger partial charge in [0.2, 0.25) is 0 Å². The molecule has 0 saturated carbocycles. The van der Waals surface area contributed by atoms with E-state index in [1.54, 1.807) is 4.90 Å². The average molecular weight is 284 g/mol. The fraction of sp³-hybridized carbons (Fsp3) is 0.353. The average Bonchev–Trinajstić information content (AvgIpc) is 2.50. The van der Waals surface area contributed by atoms with Crippen LogP contribution in [0.3, 0.4) is 0 Å². The largest absolute Gasteiger partial charge is 0.393 e. The van der Waals surface area contributed by atoms with Crippen LogP contribution in [0.25, 0.3) is 10.8 Å². The first kappa shape index (κ1) is 13.9. The number of amides is 2. The van der Waals surface area contributed by atoms with E-state index in [1.807, 2.05) is 49.4 Å². The lowest BCUT2D eigenvalue weighted by atomic mass is 9.97. The summed E-state index contributed by atoms with van der Waals surface area (Å²) in [6.45, 7) is 3.17. The van der Waals surface area contributed by atoms with Crippen LogP contribution in [0.1, 0.15) is 13.3 Å². The summed E-state index contributed by atoms with van der Waals surface area (Å²) in [6.07, 6.45) is 0.344. The molecule has 3 rings (SSSR count). The van der Waals surface area contributed by atoms with Gasteiger partial charge in [-0.05, 0) is 23.8 Å². The number of anilines is 1. The molecule has 0 spiro atoms. The highest BCUT2D eigenvalue weighted by atomic mass is 16.3. The molecule has 0 bridgehead atoms. The monoisotopic (exact) mass is 284 g/mol. The Balaban J connectivity index is 1.78. The number of urea groups is 1. The van der Waals surface area contributed by atoms with Gasteiger partial charge in [0.25, 0.3) is 0 Å². The molecule has 4 nitrogen and oxygen atoms in total.